The zero-order valence-corrected chi connectivity index (χ0v) is 37.2. The lowest BCUT2D eigenvalue weighted by Gasteiger charge is -2.38. The molecule has 0 N–H and O–H groups in total. The molecule has 2 nitrogen and oxygen atoms in total. The van der Waals surface area contributed by atoms with Gasteiger partial charge < -0.3 is 9.64 Å². The van der Waals surface area contributed by atoms with Gasteiger partial charge in [-0.25, -0.2) is 0 Å². The summed E-state index contributed by atoms with van der Waals surface area (Å²) >= 11 is 0. The van der Waals surface area contributed by atoms with Gasteiger partial charge in [0.2, 0.25) is 0 Å². The Labute approximate surface area is 378 Å². The van der Waals surface area contributed by atoms with Gasteiger partial charge in [-0.15, -0.1) is 0 Å². The van der Waals surface area contributed by atoms with Gasteiger partial charge in [0.1, 0.15) is 11.5 Å². The summed E-state index contributed by atoms with van der Waals surface area (Å²) in [6, 6.07) is 62.1. The average molecular weight is 826 g/mol. The van der Waals surface area contributed by atoms with Gasteiger partial charge in [-0.05, 0) is 116 Å². The van der Waals surface area contributed by atoms with Gasteiger partial charge in [0.15, 0.2) is 0 Å². The number of rotatable bonds is 7. The molecular weight excluding hydrogens is 775 g/mol. The number of anilines is 2. The Balaban J connectivity index is 1.11. The lowest BCUT2D eigenvalue weighted by Crippen LogP contribution is -2.31. The Morgan fingerprint density at radius 2 is 1.28 bits per heavy atom. The van der Waals surface area contributed by atoms with Crippen LogP contribution in [0.2, 0.25) is 0 Å². The molecule has 1 heterocycles. The van der Waals surface area contributed by atoms with Gasteiger partial charge in [0, 0.05) is 39.6 Å². The van der Waals surface area contributed by atoms with Crippen molar-refractivity contribution in [3.63, 3.8) is 0 Å². The predicted molar refractivity (Wildman–Crippen MR) is 265 cm³/mol. The van der Waals surface area contributed by atoms with Crippen LogP contribution in [0.3, 0.4) is 0 Å². The topological polar surface area (TPSA) is 12.5 Å². The molecule has 64 heavy (non-hydrogen) atoms. The van der Waals surface area contributed by atoms with Crippen LogP contribution >= 0.6 is 0 Å². The van der Waals surface area contributed by atoms with E-state index in [0.717, 1.165) is 63.7 Å². The molecule has 2 heteroatoms. The molecule has 0 radical (unpaired) electrons. The van der Waals surface area contributed by atoms with E-state index in [0.29, 0.717) is 0 Å². The Morgan fingerprint density at radius 3 is 2.09 bits per heavy atom. The molecule has 7 aromatic rings. The summed E-state index contributed by atoms with van der Waals surface area (Å²) in [7, 11) is 0. The second-order valence-electron chi connectivity index (χ2n) is 19.1. The Hall–Kier alpha value is -7.34. The van der Waals surface area contributed by atoms with E-state index >= 15 is 0 Å². The second kappa shape index (κ2) is 15.2. The van der Waals surface area contributed by atoms with Gasteiger partial charge in [-0.1, -0.05) is 192 Å². The standard InChI is InChI=1S/C62H51NO/c1-60(2,3)46-34-36-55-52(40-46)51-29-13-15-31-54(51)62(55,45-24-10-7-11-25-45)53-30-14-12-28-50(53)44-23-19-27-48(39-44)63(47-26-18-22-43(38-47)42-20-8-6-9-21-42)49-35-37-59-57(41-49)61(4,5)56-32-16-17-33-58(56)64-59/h6-14,16-18,20-22,24-30,32-41H,15,31H2,1-5H3. The summed E-state index contributed by atoms with van der Waals surface area (Å²) in [6.07, 6.45) is 11.1. The van der Waals surface area contributed by atoms with Crippen LogP contribution in [0, 0.1) is 0 Å². The van der Waals surface area contributed by atoms with E-state index in [1.165, 1.54) is 50.1 Å². The van der Waals surface area contributed by atoms with Crippen molar-refractivity contribution in [1.82, 2.24) is 0 Å². The van der Waals surface area contributed by atoms with Crippen LogP contribution in [0.5, 0.6) is 11.5 Å². The summed E-state index contributed by atoms with van der Waals surface area (Å²) < 4.78 is 6.57. The molecular formula is C62H51NO. The van der Waals surface area contributed by atoms with Crippen molar-refractivity contribution in [2.24, 2.45) is 0 Å². The fourth-order valence-electron chi connectivity index (χ4n) is 10.7. The lowest BCUT2D eigenvalue weighted by atomic mass is 9.63. The quantitative estimate of drug-likeness (QED) is 0.148. The SMILES string of the molecule is CC(C)(C)c1ccc2c(c1)C1=C(CCC=C1)C2(c1ccccc1)c1ccccc1C1=C=C=CC(N(c2cccc(-c3ccccc3)c2)c2ccc3c(c2)C(C)(C)c2ccccc2O3)=C1. The van der Waals surface area contributed by atoms with Crippen LogP contribution in [0.15, 0.2) is 217 Å². The highest BCUT2D eigenvalue weighted by atomic mass is 16.5. The van der Waals surface area contributed by atoms with E-state index in [-0.39, 0.29) is 10.8 Å². The first-order valence-electron chi connectivity index (χ1n) is 22.6. The first kappa shape index (κ1) is 39.5. The second-order valence-corrected chi connectivity index (χ2v) is 19.1. The van der Waals surface area contributed by atoms with Crippen LogP contribution in [0.25, 0.3) is 22.3 Å². The first-order chi connectivity index (χ1) is 31.1. The van der Waals surface area contributed by atoms with Crippen LogP contribution < -0.4 is 9.64 Å². The third-order valence-electron chi connectivity index (χ3n) is 13.9. The minimum Gasteiger partial charge on any atom is -0.457 e. The van der Waals surface area contributed by atoms with Gasteiger partial charge >= 0.3 is 0 Å². The first-order valence-corrected chi connectivity index (χ1v) is 22.6. The summed E-state index contributed by atoms with van der Waals surface area (Å²) in [5, 5.41) is 0. The Kier molecular flexibility index (Phi) is 9.37. The monoisotopic (exact) mass is 825 g/mol. The molecule has 11 rings (SSSR count). The average Bonchev–Trinajstić information content (AvgIpc) is 3.63. The van der Waals surface area contributed by atoms with Crippen molar-refractivity contribution in [2.75, 3.05) is 4.90 Å². The van der Waals surface area contributed by atoms with Crippen molar-refractivity contribution in [3.8, 4) is 22.6 Å². The van der Waals surface area contributed by atoms with E-state index in [9.17, 15) is 0 Å². The fourth-order valence-corrected chi connectivity index (χ4v) is 10.7. The smallest absolute Gasteiger partial charge is 0.131 e. The van der Waals surface area contributed by atoms with Crippen molar-refractivity contribution >= 4 is 22.5 Å². The zero-order valence-electron chi connectivity index (χ0n) is 37.2. The normalized spacial score (nSPS) is 17.7. The molecule has 310 valence electrons. The maximum Gasteiger partial charge on any atom is 0.131 e. The molecule has 1 unspecified atom stereocenters. The van der Waals surface area contributed by atoms with Crippen molar-refractivity contribution in [1.29, 1.82) is 0 Å². The van der Waals surface area contributed by atoms with Gasteiger partial charge in [-0.2, -0.15) is 0 Å². The van der Waals surface area contributed by atoms with E-state index in [1.54, 1.807) is 0 Å². The van der Waals surface area contributed by atoms with Crippen LogP contribution in [0.4, 0.5) is 11.4 Å². The molecule has 7 aromatic carbocycles. The Morgan fingerprint density at radius 1 is 0.594 bits per heavy atom. The van der Waals surface area contributed by atoms with E-state index in [1.807, 2.05) is 6.07 Å². The zero-order chi connectivity index (χ0) is 43.6. The molecule has 1 atom stereocenters. The Bertz CT molecular complexity index is 3210. The van der Waals surface area contributed by atoms with E-state index in [2.05, 4.69) is 239 Å². The highest BCUT2D eigenvalue weighted by Crippen LogP contribution is 2.59. The highest BCUT2D eigenvalue weighted by molar-refractivity contribution is 5.93. The summed E-state index contributed by atoms with van der Waals surface area (Å²) in [4.78, 5) is 2.37. The van der Waals surface area contributed by atoms with Crippen LogP contribution in [-0.2, 0) is 16.2 Å². The fraction of sp³-hybridized carbons (Fsp3) is 0.161. The van der Waals surface area contributed by atoms with Crippen molar-refractivity contribution < 1.29 is 4.74 Å². The lowest BCUT2D eigenvalue weighted by molar-refractivity contribution is 0.418. The molecule has 0 bridgehead atoms. The van der Waals surface area contributed by atoms with E-state index in [4.69, 9.17) is 4.74 Å². The third-order valence-corrected chi connectivity index (χ3v) is 13.9. The van der Waals surface area contributed by atoms with Crippen LogP contribution in [-0.4, -0.2) is 0 Å². The number of hydrogen-bond acceptors (Lipinski definition) is 2. The molecule has 3 aliphatic carbocycles. The highest BCUT2D eigenvalue weighted by Gasteiger charge is 2.49. The number of fused-ring (bicyclic) bond motifs is 4. The number of allylic oxidation sites excluding steroid dienone is 7. The molecule has 0 fully saturated rings. The van der Waals surface area contributed by atoms with Crippen molar-refractivity contribution in [3.05, 3.63) is 261 Å². The molecule has 0 spiro atoms. The van der Waals surface area contributed by atoms with Crippen molar-refractivity contribution in [2.45, 2.75) is 63.7 Å². The third kappa shape index (κ3) is 6.33. The van der Waals surface area contributed by atoms with Crippen LogP contribution in [0.1, 0.15) is 92.0 Å². The summed E-state index contributed by atoms with van der Waals surface area (Å²) in [5.41, 5.74) is 25.7. The van der Waals surface area contributed by atoms with Gasteiger partial charge in [0.05, 0.1) is 11.1 Å². The maximum atomic E-state index is 6.57. The number of hydrogen-bond donors (Lipinski definition) is 0. The van der Waals surface area contributed by atoms with Gasteiger partial charge in [-0.3, -0.25) is 0 Å². The maximum absolute atomic E-state index is 6.57. The molecule has 0 saturated heterocycles. The van der Waals surface area contributed by atoms with Gasteiger partial charge in [0.25, 0.3) is 0 Å². The largest absolute Gasteiger partial charge is 0.457 e. The number of benzene rings is 7. The molecule has 1 aliphatic heterocycles. The number of ether oxygens (including phenoxy) is 1. The van der Waals surface area contributed by atoms with E-state index < -0.39 is 5.41 Å². The molecule has 0 amide bonds. The number of nitrogens with zero attached hydrogens (tertiary/aromatic N) is 1. The predicted octanol–water partition coefficient (Wildman–Crippen LogP) is 16.0. The molecule has 4 aliphatic rings. The minimum absolute atomic E-state index is 0.0209. The minimum atomic E-state index is -0.502. The summed E-state index contributed by atoms with van der Waals surface area (Å²) in [5.74, 6) is 1.80. The molecule has 0 saturated carbocycles. The molecule has 0 aromatic heterocycles. The summed E-state index contributed by atoms with van der Waals surface area (Å²) in [6.45, 7) is 11.5. The number of para-hydroxylation sites is 1.